The van der Waals surface area contributed by atoms with Crippen molar-refractivity contribution in [3.63, 3.8) is 0 Å². The van der Waals surface area contributed by atoms with Crippen molar-refractivity contribution in [2.45, 2.75) is 78.6 Å². The summed E-state index contributed by atoms with van der Waals surface area (Å²) in [6.07, 6.45) is -1.26. The number of aliphatic hydroxyl groups excluding tert-OH is 2. The number of hydrogen-bond acceptors (Lipinski definition) is 19. The standard InChI is InChI=1S/C29H36O8.C14H22O6.C10H20O5Si/c1-19(2)27(32)36-17-23(30)15-34-25-11-7-21(8-12-25)29(5,6)22-9-13-26(14-10-22)35-16-24(31)18-37-28(33)20(3)4;1-11(2)13(15)19-9-7-17-5-6-18-8-10-20-14(16)12(3)4;1-9(2)10(11)15-7-6-8-16(12-3,13-4)14-5/h7-14,23-24,30-31H,1,3,15-18H2,2,4-6H3;1,3,5-10H2,2,4H3;1,6-8H2,2-5H3. The molecule has 0 bridgehead atoms. The van der Waals surface area contributed by atoms with Gasteiger partial charge in [-0.05, 0) is 76.4 Å². The van der Waals surface area contributed by atoms with Gasteiger partial charge in [0.05, 0.1) is 33.0 Å². The Kier molecular flexibility index (Phi) is 33.8. The number of rotatable bonds is 33. The van der Waals surface area contributed by atoms with Gasteiger partial charge in [0.15, 0.2) is 0 Å². The van der Waals surface area contributed by atoms with Gasteiger partial charge in [-0.25, -0.2) is 24.0 Å². The Morgan fingerprint density at radius 3 is 1.05 bits per heavy atom. The number of ether oxygens (including phenoxy) is 9. The molecule has 2 aromatic rings. The number of hydrogen-bond donors (Lipinski definition) is 2. The molecule has 0 spiro atoms. The first kappa shape index (κ1) is 67.0. The van der Waals surface area contributed by atoms with Crippen molar-refractivity contribution in [2.24, 2.45) is 0 Å². The molecule has 0 amide bonds. The predicted octanol–water partition coefficient (Wildman–Crippen LogP) is 6.36. The van der Waals surface area contributed by atoms with Crippen LogP contribution in [0.5, 0.6) is 11.5 Å². The molecule has 0 saturated heterocycles. The Balaban J connectivity index is 0.00000121. The molecule has 0 saturated carbocycles. The summed E-state index contributed by atoms with van der Waals surface area (Å²) >= 11 is 0. The van der Waals surface area contributed by atoms with Crippen LogP contribution < -0.4 is 9.47 Å². The first-order valence-corrected chi connectivity index (χ1v) is 25.1. The van der Waals surface area contributed by atoms with Gasteiger partial charge in [-0.3, -0.25) is 0 Å². The maximum atomic E-state index is 11.4. The molecular weight excluding hydrogens is 969 g/mol. The molecule has 0 aromatic heterocycles. The van der Waals surface area contributed by atoms with E-state index in [1.165, 1.54) is 13.8 Å². The van der Waals surface area contributed by atoms with Crippen LogP contribution in [0.15, 0.2) is 109 Å². The second-order valence-corrected chi connectivity index (χ2v) is 19.8. The van der Waals surface area contributed by atoms with E-state index in [2.05, 4.69) is 46.7 Å². The zero-order valence-electron chi connectivity index (χ0n) is 44.3. The highest BCUT2D eigenvalue weighted by molar-refractivity contribution is 6.60. The highest BCUT2D eigenvalue weighted by Crippen LogP contribution is 2.33. The molecule has 2 unspecified atom stereocenters. The summed E-state index contributed by atoms with van der Waals surface area (Å²) < 4.78 is 61.7. The lowest BCUT2D eigenvalue weighted by atomic mass is 9.78. The van der Waals surface area contributed by atoms with E-state index in [4.69, 9.17) is 55.9 Å². The van der Waals surface area contributed by atoms with Crippen LogP contribution in [0.1, 0.15) is 66.0 Å². The zero-order valence-corrected chi connectivity index (χ0v) is 45.3. The van der Waals surface area contributed by atoms with Gasteiger partial charge in [0.25, 0.3) is 0 Å². The third-order valence-electron chi connectivity index (χ3n) is 9.68. The van der Waals surface area contributed by atoms with Gasteiger partial charge in [0, 0.05) is 60.7 Å². The van der Waals surface area contributed by atoms with Crippen LogP contribution >= 0.6 is 0 Å². The molecular formula is C53H78O19Si. The van der Waals surface area contributed by atoms with Crippen LogP contribution in [0.4, 0.5) is 0 Å². The lowest BCUT2D eigenvalue weighted by molar-refractivity contribution is -0.143. The van der Waals surface area contributed by atoms with Crippen molar-refractivity contribution in [3.8, 4) is 11.5 Å². The molecule has 0 aliphatic heterocycles. The quantitative estimate of drug-likeness (QED) is 0.0260. The molecule has 0 aliphatic carbocycles. The van der Waals surface area contributed by atoms with Gasteiger partial charge in [0.2, 0.25) is 0 Å². The summed E-state index contributed by atoms with van der Waals surface area (Å²) in [7, 11) is 2.13. The van der Waals surface area contributed by atoms with E-state index in [9.17, 15) is 34.2 Å². The van der Waals surface area contributed by atoms with Gasteiger partial charge >= 0.3 is 38.7 Å². The van der Waals surface area contributed by atoms with Crippen LogP contribution in [-0.4, -0.2) is 155 Å². The minimum Gasteiger partial charge on any atom is -0.491 e. The molecule has 19 nitrogen and oxygen atoms in total. The van der Waals surface area contributed by atoms with Gasteiger partial charge in [-0.15, -0.1) is 0 Å². The topological polar surface area (TPSA) is 237 Å². The normalized spacial score (nSPS) is 11.6. The second-order valence-electron chi connectivity index (χ2n) is 16.7. The minimum atomic E-state index is -2.53. The number of aliphatic hydroxyl groups is 2. The van der Waals surface area contributed by atoms with Crippen molar-refractivity contribution in [1.82, 2.24) is 0 Å². The molecule has 20 heteroatoms. The predicted molar refractivity (Wildman–Crippen MR) is 275 cm³/mol. The average molecular weight is 1050 g/mol. The molecule has 2 rings (SSSR count). The molecule has 0 heterocycles. The van der Waals surface area contributed by atoms with E-state index in [1.807, 2.05) is 48.5 Å². The van der Waals surface area contributed by atoms with Crippen LogP contribution in [0, 0.1) is 0 Å². The number of carbonyl (C=O) groups excluding carboxylic acids is 5. The lowest BCUT2D eigenvalue weighted by Crippen LogP contribution is -2.42. The van der Waals surface area contributed by atoms with Gasteiger partial charge in [0.1, 0.15) is 63.3 Å². The summed E-state index contributed by atoms with van der Waals surface area (Å²) in [4.78, 5) is 55.9. The van der Waals surface area contributed by atoms with E-state index in [0.717, 1.165) is 11.1 Å². The van der Waals surface area contributed by atoms with E-state index in [-0.39, 0.29) is 62.2 Å². The van der Waals surface area contributed by atoms with Crippen molar-refractivity contribution in [3.05, 3.63) is 120 Å². The monoisotopic (exact) mass is 1050 g/mol. The Labute approximate surface area is 432 Å². The van der Waals surface area contributed by atoms with Gasteiger partial charge in [-0.1, -0.05) is 71.0 Å². The number of esters is 5. The summed E-state index contributed by atoms with van der Waals surface area (Å²) in [6, 6.07) is 15.7. The number of carbonyl (C=O) groups is 5. The molecule has 0 radical (unpaired) electrons. The van der Waals surface area contributed by atoms with Crippen LogP contribution in [0.2, 0.25) is 6.04 Å². The summed E-state index contributed by atoms with van der Waals surface area (Å²) in [6.45, 7) is 31.1. The van der Waals surface area contributed by atoms with Crippen molar-refractivity contribution >= 4 is 38.7 Å². The van der Waals surface area contributed by atoms with Crippen LogP contribution in [-0.2, 0) is 75.8 Å². The molecule has 0 aliphatic rings. The van der Waals surface area contributed by atoms with Crippen molar-refractivity contribution in [2.75, 3.05) is 94.0 Å². The maximum Gasteiger partial charge on any atom is 0.500 e. The van der Waals surface area contributed by atoms with E-state index >= 15 is 0 Å². The third-order valence-corrected chi connectivity index (χ3v) is 12.5. The first-order valence-electron chi connectivity index (χ1n) is 23.1. The van der Waals surface area contributed by atoms with Crippen LogP contribution in [0.3, 0.4) is 0 Å². The van der Waals surface area contributed by atoms with E-state index < -0.39 is 44.9 Å². The molecule has 2 atom stereocenters. The van der Waals surface area contributed by atoms with E-state index in [1.54, 1.807) is 42.1 Å². The summed E-state index contributed by atoms with van der Waals surface area (Å²) in [5.41, 5.74) is 3.45. The average Bonchev–Trinajstić information content (AvgIpc) is 3.36. The lowest BCUT2D eigenvalue weighted by Gasteiger charge is -2.26. The Hall–Kier alpha value is -5.97. The van der Waals surface area contributed by atoms with Crippen molar-refractivity contribution < 1.29 is 90.1 Å². The maximum absolute atomic E-state index is 11.4. The fourth-order valence-corrected chi connectivity index (χ4v) is 6.95. The minimum absolute atomic E-state index is 0.0152. The van der Waals surface area contributed by atoms with Gasteiger partial charge < -0.3 is 66.1 Å². The zero-order chi connectivity index (χ0) is 55.6. The molecule has 2 aromatic carbocycles. The SMILES string of the molecule is C=C(C)C(=O)OCC(O)COc1ccc(C(C)(C)c2ccc(OCC(O)COC(=O)C(=C)C)cc2)cc1.C=C(C)C(=O)OCCC[Si](OC)(OC)OC.C=C(C)C(=O)OCCOCCOCCOC(=O)C(=C)C. The molecule has 0 fully saturated rings. The fourth-order valence-electron chi connectivity index (χ4n) is 5.26. The molecule has 2 N–H and O–H groups in total. The van der Waals surface area contributed by atoms with Crippen molar-refractivity contribution in [1.29, 1.82) is 0 Å². The second kappa shape index (κ2) is 36.9. The third kappa shape index (κ3) is 29.4. The fraction of sp³-hybridized carbons (Fsp3) is 0.491. The molecule has 408 valence electrons. The summed E-state index contributed by atoms with van der Waals surface area (Å²) in [5, 5.41) is 19.9. The van der Waals surface area contributed by atoms with E-state index in [0.29, 0.717) is 73.7 Å². The smallest absolute Gasteiger partial charge is 0.491 e. The Morgan fingerprint density at radius 1 is 0.466 bits per heavy atom. The molecule has 73 heavy (non-hydrogen) atoms. The van der Waals surface area contributed by atoms with Crippen LogP contribution in [0.25, 0.3) is 0 Å². The highest BCUT2D eigenvalue weighted by Gasteiger charge is 2.37. The van der Waals surface area contributed by atoms with Gasteiger partial charge in [-0.2, -0.15) is 0 Å². The Morgan fingerprint density at radius 2 is 0.753 bits per heavy atom. The summed E-state index contributed by atoms with van der Waals surface area (Å²) in [5.74, 6) is -1.16. The highest BCUT2D eigenvalue weighted by atomic mass is 28.4. The Bertz CT molecular complexity index is 1930. The number of benzene rings is 2. The largest absolute Gasteiger partial charge is 0.500 e. The first-order chi connectivity index (χ1) is 34.4.